The number of aromatic nitrogens is 1. The summed E-state index contributed by atoms with van der Waals surface area (Å²) < 4.78 is 37.8. The van der Waals surface area contributed by atoms with Gasteiger partial charge in [-0.05, 0) is 46.1 Å². The van der Waals surface area contributed by atoms with E-state index in [-0.39, 0.29) is 24.2 Å². The van der Waals surface area contributed by atoms with E-state index < -0.39 is 12.1 Å². The van der Waals surface area contributed by atoms with Crippen LogP contribution in [0.1, 0.15) is 37.4 Å². The van der Waals surface area contributed by atoms with Gasteiger partial charge in [0.25, 0.3) is 0 Å². The van der Waals surface area contributed by atoms with E-state index in [1.54, 1.807) is 11.3 Å². The highest BCUT2D eigenvalue weighted by Crippen LogP contribution is 2.33. The largest absolute Gasteiger partial charge is 0.490 e. The van der Waals surface area contributed by atoms with Crippen LogP contribution in [0.3, 0.4) is 0 Å². The quantitative estimate of drug-likeness (QED) is 0.753. The summed E-state index contributed by atoms with van der Waals surface area (Å²) in [6.07, 6.45) is -3.18. The molecule has 29 heavy (non-hydrogen) atoms. The van der Waals surface area contributed by atoms with Crippen LogP contribution >= 0.6 is 11.3 Å². The first-order valence-corrected chi connectivity index (χ1v) is 10.2. The molecule has 2 N–H and O–H groups in total. The third kappa shape index (κ3) is 7.23. The zero-order valence-corrected chi connectivity index (χ0v) is 17.3. The molecular weight excluding hydrogens is 411 g/mol. The first-order valence-electron chi connectivity index (χ1n) is 9.35. The lowest BCUT2D eigenvalue weighted by Crippen LogP contribution is -2.42. The summed E-state index contributed by atoms with van der Waals surface area (Å²) in [5.41, 5.74) is 1.15. The molecular formula is C18H26F3N3O4S. The van der Waals surface area contributed by atoms with E-state index in [2.05, 4.69) is 20.6 Å². The van der Waals surface area contributed by atoms with Crippen molar-refractivity contribution in [3.05, 3.63) is 16.1 Å². The zero-order valence-electron chi connectivity index (χ0n) is 16.5. The molecule has 1 aromatic heterocycles. The molecule has 0 bridgehead atoms. The summed E-state index contributed by atoms with van der Waals surface area (Å²) in [6, 6.07) is 0.170. The van der Waals surface area contributed by atoms with Crippen LogP contribution in [0, 0.1) is 12.8 Å². The van der Waals surface area contributed by atoms with Crippen LogP contribution < -0.4 is 5.32 Å². The van der Waals surface area contributed by atoms with Crippen LogP contribution in [-0.2, 0) is 20.9 Å². The SMILES string of the molecule is Cc1nc(CN2CC[C@H]3C[C@@H](C(=O)NC(C)C)O[C@@H]3C2)cs1.O=C(O)C(F)(F)F. The highest BCUT2D eigenvalue weighted by molar-refractivity contribution is 7.09. The van der Waals surface area contributed by atoms with Crippen molar-refractivity contribution in [1.29, 1.82) is 0 Å². The van der Waals surface area contributed by atoms with Crippen LogP contribution in [0.5, 0.6) is 0 Å². The van der Waals surface area contributed by atoms with E-state index >= 15 is 0 Å². The van der Waals surface area contributed by atoms with E-state index in [4.69, 9.17) is 14.6 Å². The number of ether oxygens (including phenoxy) is 1. The molecule has 2 saturated heterocycles. The fourth-order valence-electron chi connectivity index (χ4n) is 3.39. The van der Waals surface area contributed by atoms with Crippen molar-refractivity contribution >= 4 is 23.2 Å². The van der Waals surface area contributed by atoms with Gasteiger partial charge in [0, 0.05) is 24.5 Å². The Morgan fingerprint density at radius 1 is 1.45 bits per heavy atom. The first-order chi connectivity index (χ1) is 13.5. The molecule has 0 aliphatic carbocycles. The summed E-state index contributed by atoms with van der Waals surface area (Å²) in [4.78, 5) is 28.0. The Labute approximate surface area is 171 Å². The van der Waals surface area contributed by atoms with Crippen molar-refractivity contribution in [2.75, 3.05) is 13.1 Å². The van der Waals surface area contributed by atoms with Gasteiger partial charge < -0.3 is 15.2 Å². The molecule has 1 amide bonds. The second-order valence-corrected chi connectivity index (χ2v) is 8.57. The minimum atomic E-state index is -5.08. The number of alkyl halides is 3. The van der Waals surface area contributed by atoms with Crippen molar-refractivity contribution in [2.24, 2.45) is 5.92 Å². The molecule has 3 heterocycles. The number of nitrogens with one attached hydrogen (secondary N) is 1. The number of hydrogen-bond donors (Lipinski definition) is 2. The van der Waals surface area contributed by atoms with Crippen molar-refractivity contribution in [1.82, 2.24) is 15.2 Å². The van der Waals surface area contributed by atoms with Crippen molar-refractivity contribution < 1.29 is 32.6 Å². The number of carbonyl (C=O) groups is 2. The maximum Gasteiger partial charge on any atom is 0.490 e. The number of likely N-dealkylation sites (tertiary alicyclic amines) is 1. The standard InChI is InChI=1S/C16H25N3O2S.C2HF3O2/c1-10(2)17-16(20)14-6-12-4-5-19(8-15(12)21-14)7-13-9-22-11(3)18-13;3-2(4,5)1(6)7/h9-10,12,14-15H,4-8H2,1-3H3,(H,17,20);(H,6,7)/t12-,14-,15+;/m0./s1. The number of rotatable bonds is 4. The molecule has 0 radical (unpaired) electrons. The van der Waals surface area contributed by atoms with Gasteiger partial charge in [0.05, 0.1) is 16.8 Å². The molecule has 164 valence electrons. The lowest BCUT2D eigenvalue weighted by molar-refractivity contribution is -0.192. The number of amides is 1. The van der Waals surface area contributed by atoms with Crippen LogP contribution in [0.4, 0.5) is 13.2 Å². The molecule has 11 heteroatoms. The molecule has 0 saturated carbocycles. The van der Waals surface area contributed by atoms with Crippen molar-refractivity contribution in [3.8, 4) is 0 Å². The van der Waals surface area contributed by atoms with E-state index in [1.165, 1.54) is 0 Å². The molecule has 2 aliphatic rings. The molecule has 0 unspecified atom stereocenters. The molecule has 0 aromatic carbocycles. The number of halogens is 3. The van der Waals surface area contributed by atoms with Gasteiger partial charge >= 0.3 is 12.1 Å². The Bertz CT molecular complexity index is 711. The predicted octanol–water partition coefficient (Wildman–Crippen LogP) is 2.59. The lowest BCUT2D eigenvalue weighted by Gasteiger charge is -2.33. The number of carbonyl (C=O) groups excluding carboxylic acids is 1. The minimum Gasteiger partial charge on any atom is -0.475 e. The summed E-state index contributed by atoms with van der Waals surface area (Å²) in [6.45, 7) is 8.87. The van der Waals surface area contributed by atoms with Crippen LogP contribution in [0.25, 0.3) is 0 Å². The van der Waals surface area contributed by atoms with Gasteiger partial charge in [-0.15, -0.1) is 11.3 Å². The molecule has 1 aromatic rings. The molecule has 0 spiro atoms. The smallest absolute Gasteiger partial charge is 0.475 e. The van der Waals surface area contributed by atoms with Gasteiger partial charge in [0.2, 0.25) is 5.91 Å². The van der Waals surface area contributed by atoms with E-state index in [1.807, 2.05) is 20.8 Å². The van der Waals surface area contributed by atoms with Gasteiger partial charge in [-0.25, -0.2) is 9.78 Å². The van der Waals surface area contributed by atoms with Gasteiger partial charge in [-0.3, -0.25) is 9.69 Å². The van der Waals surface area contributed by atoms with Crippen molar-refractivity contribution in [2.45, 2.75) is 64.6 Å². The maximum atomic E-state index is 12.1. The summed E-state index contributed by atoms with van der Waals surface area (Å²) in [5.74, 6) is -2.19. The van der Waals surface area contributed by atoms with Crippen molar-refractivity contribution in [3.63, 3.8) is 0 Å². The van der Waals surface area contributed by atoms with Crippen LogP contribution in [0.2, 0.25) is 0 Å². The third-order valence-electron chi connectivity index (χ3n) is 4.65. The minimum absolute atomic E-state index is 0.0473. The number of hydrogen-bond acceptors (Lipinski definition) is 6. The number of thiazole rings is 1. The fourth-order valence-corrected chi connectivity index (χ4v) is 4.00. The van der Waals surface area contributed by atoms with E-state index in [9.17, 15) is 18.0 Å². The number of carboxylic acids is 1. The number of nitrogens with zero attached hydrogens (tertiary/aromatic N) is 2. The second kappa shape index (κ2) is 9.86. The Balaban J connectivity index is 0.000000370. The number of piperidine rings is 1. The average Bonchev–Trinajstić information content (AvgIpc) is 3.19. The normalized spacial score (nSPS) is 24.6. The topological polar surface area (TPSA) is 91.8 Å². The monoisotopic (exact) mass is 437 g/mol. The van der Waals surface area contributed by atoms with Gasteiger partial charge in [-0.2, -0.15) is 13.2 Å². The van der Waals surface area contributed by atoms with E-state index in [0.717, 1.165) is 43.2 Å². The zero-order chi connectivity index (χ0) is 21.8. The highest BCUT2D eigenvalue weighted by Gasteiger charge is 2.42. The summed E-state index contributed by atoms with van der Waals surface area (Å²) >= 11 is 1.70. The molecule has 7 nitrogen and oxygen atoms in total. The number of carboxylic acid groups (broad SMARTS) is 1. The van der Waals surface area contributed by atoms with Crippen LogP contribution in [0.15, 0.2) is 5.38 Å². The third-order valence-corrected chi connectivity index (χ3v) is 5.48. The molecule has 2 aliphatic heterocycles. The molecule has 3 rings (SSSR count). The Morgan fingerprint density at radius 2 is 2.10 bits per heavy atom. The second-order valence-electron chi connectivity index (χ2n) is 7.51. The average molecular weight is 437 g/mol. The fraction of sp³-hybridized carbons (Fsp3) is 0.722. The maximum absolute atomic E-state index is 12.1. The Hall–Kier alpha value is -1.72. The van der Waals surface area contributed by atoms with Crippen LogP contribution in [-0.4, -0.2) is 64.4 Å². The van der Waals surface area contributed by atoms with Gasteiger partial charge in [-0.1, -0.05) is 0 Å². The van der Waals surface area contributed by atoms with E-state index in [0.29, 0.717) is 5.92 Å². The summed E-state index contributed by atoms with van der Waals surface area (Å²) in [7, 11) is 0. The number of aliphatic carboxylic acids is 1. The first kappa shape index (κ1) is 23.6. The molecule has 3 atom stereocenters. The number of fused-ring (bicyclic) bond motifs is 1. The van der Waals surface area contributed by atoms with Gasteiger partial charge in [0.1, 0.15) is 6.10 Å². The molecule has 2 fully saturated rings. The van der Waals surface area contributed by atoms with Gasteiger partial charge in [0.15, 0.2) is 0 Å². The predicted molar refractivity (Wildman–Crippen MR) is 100 cm³/mol. The Kier molecular flexibility index (Phi) is 8.01. The highest BCUT2D eigenvalue weighted by atomic mass is 32.1. The Morgan fingerprint density at radius 3 is 2.62 bits per heavy atom. The summed E-state index contributed by atoms with van der Waals surface area (Å²) in [5, 5.41) is 13.3. The lowest BCUT2D eigenvalue weighted by atomic mass is 9.91. The number of aryl methyl sites for hydroxylation is 1.